The highest BCUT2D eigenvalue weighted by atomic mass is 19.1. The lowest BCUT2D eigenvalue weighted by atomic mass is 9.81. The first-order valence-corrected chi connectivity index (χ1v) is 7.04. The summed E-state index contributed by atoms with van der Waals surface area (Å²) in [5.41, 5.74) is 7.05. The van der Waals surface area contributed by atoms with Crippen molar-refractivity contribution < 1.29 is 9.13 Å². The molecule has 0 heterocycles. The molecular weight excluding hydrogens is 255 g/mol. The molecule has 1 aromatic rings. The highest BCUT2D eigenvalue weighted by Gasteiger charge is 2.26. The number of anilines is 2. The van der Waals surface area contributed by atoms with Crippen LogP contribution in [0.25, 0.3) is 0 Å². The van der Waals surface area contributed by atoms with E-state index in [2.05, 4.69) is 39.9 Å². The standard InChI is InChI=1S/C16H27FN2O/c1-7-20-14-9-13(12(18)8-11(14)17)19-16(5,6)10-15(2,3)4/h8-9,19H,7,10,18H2,1-6H3. The average Bonchev–Trinajstić information content (AvgIpc) is 2.21. The molecule has 20 heavy (non-hydrogen) atoms. The van der Waals surface area contributed by atoms with Gasteiger partial charge in [-0.2, -0.15) is 0 Å². The first-order valence-electron chi connectivity index (χ1n) is 7.04. The van der Waals surface area contributed by atoms with E-state index >= 15 is 0 Å². The van der Waals surface area contributed by atoms with E-state index in [0.717, 1.165) is 6.42 Å². The summed E-state index contributed by atoms with van der Waals surface area (Å²) in [6, 6.07) is 2.94. The molecule has 0 amide bonds. The molecule has 0 radical (unpaired) electrons. The molecule has 0 spiro atoms. The van der Waals surface area contributed by atoms with Crippen molar-refractivity contribution >= 4 is 11.4 Å². The monoisotopic (exact) mass is 282 g/mol. The van der Waals surface area contributed by atoms with Crippen LogP contribution in [0.3, 0.4) is 0 Å². The number of hydrogen-bond acceptors (Lipinski definition) is 3. The molecule has 0 unspecified atom stereocenters. The van der Waals surface area contributed by atoms with Gasteiger partial charge in [0.2, 0.25) is 0 Å². The third kappa shape index (κ3) is 4.91. The Morgan fingerprint density at radius 1 is 1.20 bits per heavy atom. The largest absolute Gasteiger partial charge is 0.491 e. The normalized spacial score (nSPS) is 12.3. The van der Waals surface area contributed by atoms with Crippen LogP contribution in [-0.4, -0.2) is 12.1 Å². The van der Waals surface area contributed by atoms with E-state index in [-0.39, 0.29) is 16.7 Å². The molecule has 4 heteroatoms. The van der Waals surface area contributed by atoms with Gasteiger partial charge >= 0.3 is 0 Å². The smallest absolute Gasteiger partial charge is 0.167 e. The molecule has 0 saturated heterocycles. The lowest BCUT2D eigenvalue weighted by Crippen LogP contribution is -2.35. The lowest BCUT2D eigenvalue weighted by molar-refractivity contribution is 0.302. The Balaban J connectivity index is 2.99. The van der Waals surface area contributed by atoms with E-state index in [9.17, 15) is 4.39 Å². The van der Waals surface area contributed by atoms with Gasteiger partial charge in [-0.1, -0.05) is 20.8 Å². The summed E-state index contributed by atoms with van der Waals surface area (Å²) in [5.74, 6) is -0.195. The maximum absolute atomic E-state index is 13.7. The molecule has 114 valence electrons. The fraction of sp³-hybridized carbons (Fsp3) is 0.625. The fourth-order valence-electron chi connectivity index (χ4n) is 2.68. The molecule has 0 aliphatic carbocycles. The van der Waals surface area contributed by atoms with Crippen molar-refractivity contribution in [3.63, 3.8) is 0 Å². The molecule has 0 aliphatic heterocycles. The molecule has 0 saturated carbocycles. The van der Waals surface area contributed by atoms with E-state index < -0.39 is 5.82 Å². The Kier molecular flexibility index (Phi) is 4.90. The molecule has 3 N–H and O–H groups in total. The SMILES string of the molecule is CCOc1cc(NC(C)(C)CC(C)(C)C)c(N)cc1F. The molecule has 0 aliphatic rings. The van der Waals surface area contributed by atoms with Gasteiger partial charge in [0.05, 0.1) is 18.0 Å². The Morgan fingerprint density at radius 2 is 1.80 bits per heavy atom. The minimum absolute atomic E-state index is 0.145. The molecule has 1 aromatic carbocycles. The van der Waals surface area contributed by atoms with Crippen molar-refractivity contribution in [2.75, 3.05) is 17.7 Å². The summed E-state index contributed by atoms with van der Waals surface area (Å²) in [6.07, 6.45) is 0.959. The van der Waals surface area contributed by atoms with Gasteiger partial charge in [0.15, 0.2) is 11.6 Å². The van der Waals surface area contributed by atoms with Crippen LogP contribution in [0, 0.1) is 11.2 Å². The third-order valence-corrected chi connectivity index (χ3v) is 2.85. The lowest BCUT2D eigenvalue weighted by Gasteiger charge is -2.34. The van der Waals surface area contributed by atoms with Crippen LogP contribution in [0.4, 0.5) is 15.8 Å². The van der Waals surface area contributed by atoms with Crippen molar-refractivity contribution in [2.24, 2.45) is 5.41 Å². The minimum atomic E-state index is -0.427. The first kappa shape index (κ1) is 16.6. The highest BCUT2D eigenvalue weighted by molar-refractivity contribution is 5.69. The number of nitrogens with one attached hydrogen (secondary N) is 1. The van der Waals surface area contributed by atoms with Gasteiger partial charge in [-0.25, -0.2) is 4.39 Å². The van der Waals surface area contributed by atoms with Gasteiger partial charge in [-0.3, -0.25) is 0 Å². The van der Waals surface area contributed by atoms with Crippen molar-refractivity contribution in [1.29, 1.82) is 0 Å². The second-order valence-electron chi connectivity index (χ2n) is 7.05. The highest BCUT2D eigenvalue weighted by Crippen LogP contribution is 2.34. The third-order valence-electron chi connectivity index (χ3n) is 2.85. The van der Waals surface area contributed by atoms with Crippen molar-refractivity contribution in [2.45, 2.75) is 53.5 Å². The Morgan fingerprint density at radius 3 is 2.30 bits per heavy atom. The number of nitrogen functional groups attached to an aromatic ring is 1. The summed E-state index contributed by atoms with van der Waals surface area (Å²) in [4.78, 5) is 0. The van der Waals surface area contributed by atoms with Gasteiger partial charge in [-0.15, -0.1) is 0 Å². The molecule has 0 fully saturated rings. The Hall–Kier alpha value is -1.45. The molecule has 1 rings (SSSR count). The van der Waals surface area contributed by atoms with E-state index in [1.165, 1.54) is 6.07 Å². The quantitative estimate of drug-likeness (QED) is 0.785. The van der Waals surface area contributed by atoms with Crippen LogP contribution in [0.2, 0.25) is 0 Å². The predicted molar refractivity (Wildman–Crippen MR) is 83.8 cm³/mol. The van der Waals surface area contributed by atoms with E-state index in [0.29, 0.717) is 18.0 Å². The van der Waals surface area contributed by atoms with E-state index in [4.69, 9.17) is 10.5 Å². The predicted octanol–water partition coefficient (Wildman–Crippen LogP) is 4.43. The van der Waals surface area contributed by atoms with Crippen LogP contribution < -0.4 is 15.8 Å². The molecule has 3 nitrogen and oxygen atoms in total. The van der Waals surface area contributed by atoms with Crippen molar-refractivity contribution in [3.8, 4) is 5.75 Å². The number of ether oxygens (including phenoxy) is 1. The summed E-state index contributed by atoms with van der Waals surface area (Å²) in [7, 11) is 0. The van der Waals surface area contributed by atoms with Gasteiger partial charge in [0.1, 0.15) is 0 Å². The van der Waals surface area contributed by atoms with Crippen molar-refractivity contribution in [3.05, 3.63) is 17.9 Å². The minimum Gasteiger partial charge on any atom is -0.491 e. The number of nitrogens with two attached hydrogens (primary N) is 1. The zero-order valence-corrected chi connectivity index (χ0v) is 13.4. The molecule has 0 aromatic heterocycles. The van der Waals surface area contributed by atoms with Gasteiger partial charge < -0.3 is 15.8 Å². The number of rotatable bonds is 5. The van der Waals surface area contributed by atoms with Crippen molar-refractivity contribution in [1.82, 2.24) is 0 Å². The van der Waals surface area contributed by atoms with Gasteiger partial charge in [0, 0.05) is 17.7 Å². The molecular formula is C16H27FN2O. The van der Waals surface area contributed by atoms with Crippen LogP contribution in [0.5, 0.6) is 5.75 Å². The maximum Gasteiger partial charge on any atom is 0.167 e. The summed E-state index contributed by atoms with van der Waals surface area (Å²) >= 11 is 0. The average molecular weight is 282 g/mol. The maximum atomic E-state index is 13.7. The second-order valence-corrected chi connectivity index (χ2v) is 7.05. The van der Waals surface area contributed by atoms with Crippen LogP contribution in [-0.2, 0) is 0 Å². The zero-order valence-electron chi connectivity index (χ0n) is 13.4. The molecule has 0 bridgehead atoms. The second kappa shape index (κ2) is 5.90. The van der Waals surface area contributed by atoms with Crippen LogP contribution in [0.15, 0.2) is 12.1 Å². The Bertz CT molecular complexity index is 464. The van der Waals surface area contributed by atoms with Crippen LogP contribution >= 0.6 is 0 Å². The summed E-state index contributed by atoms with van der Waals surface area (Å²) < 4.78 is 19.0. The summed E-state index contributed by atoms with van der Waals surface area (Å²) in [6.45, 7) is 13.0. The number of hydrogen-bond donors (Lipinski definition) is 2. The van der Waals surface area contributed by atoms with Crippen LogP contribution in [0.1, 0.15) is 48.0 Å². The Labute approximate surface area is 121 Å². The fourth-order valence-corrected chi connectivity index (χ4v) is 2.68. The van der Waals surface area contributed by atoms with Gasteiger partial charge in [0.25, 0.3) is 0 Å². The molecule has 0 atom stereocenters. The van der Waals surface area contributed by atoms with Gasteiger partial charge in [-0.05, 0) is 32.6 Å². The number of benzene rings is 1. The number of halogens is 1. The zero-order chi connectivity index (χ0) is 15.6. The van der Waals surface area contributed by atoms with E-state index in [1.54, 1.807) is 6.07 Å². The first-order chi connectivity index (χ1) is 9.04. The van der Waals surface area contributed by atoms with E-state index in [1.807, 2.05) is 6.92 Å². The summed E-state index contributed by atoms with van der Waals surface area (Å²) in [5, 5.41) is 3.40. The topological polar surface area (TPSA) is 47.3 Å².